The molecule has 0 saturated heterocycles. The Hall–Kier alpha value is -2.41. The van der Waals surface area contributed by atoms with Gasteiger partial charge in [-0.1, -0.05) is 38.2 Å². The van der Waals surface area contributed by atoms with Crippen LogP contribution in [0.4, 0.5) is 5.69 Å². The van der Waals surface area contributed by atoms with E-state index in [9.17, 15) is 14.4 Å². The molecule has 1 atom stereocenters. The zero-order valence-electron chi connectivity index (χ0n) is 21.5. The van der Waals surface area contributed by atoms with Crippen molar-refractivity contribution in [1.82, 2.24) is 10.3 Å². The molecule has 1 aromatic heterocycles. The van der Waals surface area contributed by atoms with Gasteiger partial charge < -0.3 is 15.4 Å². The van der Waals surface area contributed by atoms with E-state index < -0.39 is 0 Å². The summed E-state index contributed by atoms with van der Waals surface area (Å²) in [4.78, 5) is 39.9. The van der Waals surface area contributed by atoms with Gasteiger partial charge in [0.1, 0.15) is 6.29 Å². The van der Waals surface area contributed by atoms with Gasteiger partial charge in [0, 0.05) is 42.3 Å². The van der Waals surface area contributed by atoms with Gasteiger partial charge in [-0.2, -0.15) is 0 Å². The predicted molar refractivity (Wildman–Crippen MR) is 146 cm³/mol. The number of amides is 2. The fourth-order valence-corrected chi connectivity index (χ4v) is 5.09. The molecule has 0 saturated carbocycles. The molecular weight excluding hydrogens is 458 g/mol. The molecule has 1 aromatic carbocycles. The molecule has 0 fully saturated rings. The molecule has 1 unspecified atom stereocenters. The minimum atomic E-state index is -0.0983. The molecule has 0 radical (unpaired) electrons. The number of thioether (sulfide) groups is 1. The number of carbonyl (C=O) groups excluding carboxylic acids is 3. The van der Waals surface area contributed by atoms with E-state index in [0.29, 0.717) is 12.8 Å². The summed E-state index contributed by atoms with van der Waals surface area (Å²) in [5, 5.41) is 7.15. The molecule has 2 N–H and O–H groups in total. The molecule has 0 bridgehead atoms. The number of carbonyl (C=O) groups is 3. The summed E-state index contributed by atoms with van der Waals surface area (Å²) in [6.07, 6.45) is 16.4. The van der Waals surface area contributed by atoms with Crippen LogP contribution in [0.5, 0.6) is 0 Å². The zero-order chi connectivity index (χ0) is 25.5. The number of aromatic nitrogens is 1. The minimum absolute atomic E-state index is 0.0983. The van der Waals surface area contributed by atoms with Crippen LogP contribution in [0.15, 0.2) is 29.3 Å². The fraction of sp³-hybridized carbons (Fsp3) is 0.571. The van der Waals surface area contributed by atoms with Crippen LogP contribution in [-0.2, 0) is 20.8 Å². The lowest BCUT2D eigenvalue weighted by Crippen LogP contribution is -2.32. The highest BCUT2D eigenvalue weighted by Gasteiger charge is 2.14. The predicted octanol–water partition coefficient (Wildman–Crippen LogP) is 6.45. The van der Waals surface area contributed by atoms with Crippen molar-refractivity contribution in [3.8, 4) is 0 Å². The van der Waals surface area contributed by atoms with Crippen molar-refractivity contribution >= 4 is 46.5 Å². The van der Waals surface area contributed by atoms with Gasteiger partial charge >= 0.3 is 0 Å². The van der Waals surface area contributed by atoms with E-state index in [4.69, 9.17) is 0 Å². The number of unbranched alkanes of at least 4 members (excludes halogenated alkanes) is 7. The third kappa shape index (κ3) is 10.4. The quantitative estimate of drug-likeness (QED) is 0.148. The SMILES string of the molecule is CSc1cc(NC(C)=O)c2ncccc2c1CCCCC(C)NC(=O)CCCCCCCCC=O. The molecule has 2 rings (SSSR count). The number of pyridine rings is 1. The van der Waals surface area contributed by atoms with E-state index in [1.54, 1.807) is 18.0 Å². The number of hydrogen-bond donors (Lipinski definition) is 2. The van der Waals surface area contributed by atoms with Gasteiger partial charge in [0.05, 0.1) is 11.2 Å². The molecular formula is C28H41N3O3S. The van der Waals surface area contributed by atoms with Crippen LogP contribution in [0.3, 0.4) is 0 Å². The largest absolute Gasteiger partial charge is 0.354 e. The number of hydrogen-bond acceptors (Lipinski definition) is 5. The number of nitrogens with zero attached hydrogens (tertiary/aromatic N) is 1. The average Bonchev–Trinajstić information content (AvgIpc) is 2.83. The number of benzene rings is 1. The van der Waals surface area contributed by atoms with Gasteiger partial charge in [-0.3, -0.25) is 14.6 Å². The van der Waals surface area contributed by atoms with Crippen LogP contribution < -0.4 is 10.6 Å². The molecule has 7 heteroatoms. The van der Waals surface area contributed by atoms with E-state index >= 15 is 0 Å². The second kappa shape index (κ2) is 16.3. The summed E-state index contributed by atoms with van der Waals surface area (Å²) >= 11 is 1.69. The Morgan fingerprint density at radius 3 is 2.54 bits per heavy atom. The fourth-order valence-electron chi connectivity index (χ4n) is 4.40. The van der Waals surface area contributed by atoms with Gasteiger partial charge in [-0.15, -0.1) is 11.8 Å². The Balaban J connectivity index is 1.76. The third-order valence-electron chi connectivity index (χ3n) is 6.19. The van der Waals surface area contributed by atoms with Crippen molar-refractivity contribution < 1.29 is 14.4 Å². The highest BCUT2D eigenvalue weighted by atomic mass is 32.2. The summed E-state index contributed by atoms with van der Waals surface area (Å²) in [5.74, 6) is 0.0487. The van der Waals surface area contributed by atoms with Crippen LogP contribution in [0.25, 0.3) is 10.9 Å². The lowest BCUT2D eigenvalue weighted by atomic mass is 10.00. The number of nitrogens with one attached hydrogen (secondary N) is 2. The number of anilines is 1. The van der Waals surface area contributed by atoms with E-state index in [-0.39, 0.29) is 17.9 Å². The summed E-state index contributed by atoms with van der Waals surface area (Å²) < 4.78 is 0. The van der Waals surface area contributed by atoms with E-state index in [1.165, 1.54) is 17.4 Å². The van der Waals surface area contributed by atoms with Crippen molar-refractivity contribution in [3.05, 3.63) is 30.0 Å². The first-order valence-corrected chi connectivity index (χ1v) is 14.1. The van der Waals surface area contributed by atoms with Crippen LogP contribution in [0.1, 0.15) is 90.0 Å². The topological polar surface area (TPSA) is 88.2 Å². The number of aryl methyl sites for hydroxylation is 1. The molecule has 0 aliphatic rings. The standard InChI is InChI=1S/C28H41N3O3S/c1-21(30-27(34)17-9-7-5-4-6-8-12-19-32)14-10-11-15-23-24-16-13-18-29-28(24)25(31-22(2)33)20-26(23)35-3/h13,16,18-21H,4-12,14-15,17H2,1-3H3,(H,30,34)(H,31,33). The van der Waals surface area contributed by atoms with Crippen molar-refractivity contribution in [1.29, 1.82) is 0 Å². The Morgan fingerprint density at radius 1 is 1.09 bits per heavy atom. The molecule has 6 nitrogen and oxygen atoms in total. The maximum Gasteiger partial charge on any atom is 0.221 e. The highest BCUT2D eigenvalue weighted by molar-refractivity contribution is 7.98. The monoisotopic (exact) mass is 499 g/mol. The van der Waals surface area contributed by atoms with Crippen molar-refractivity contribution in [2.75, 3.05) is 11.6 Å². The summed E-state index contributed by atoms with van der Waals surface area (Å²) in [6.45, 7) is 3.60. The highest BCUT2D eigenvalue weighted by Crippen LogP contribution is 2.34. The first kappa shape index (κ1) is 28.8. The third-order valence-corrected chi connectivity index (χ3v) is 6.99. The van der Waals surface area contributed by atoms with Gasteiger partial charge in [0.15, 0.2) is 0 Å². The second-order valence-corrected chi connectivity index (χ2v) is 10.1. The van der Waals surface area contributed by atoms with Gasteiger partial charge in [0.25, 0.3) is 0 Å². The van der Waals surface area contributed by atoms with Gasteiger partial charge in [-0.25, -0.2) is 0 Å². The van der Waals surface area contributed by atoms with Gasteiger partial charge in [-0.05, 0) is 63.0 Å². The Morgan fingerprint density at radius 2 is 1.83 bits per heavy atom. The van der Waals surface area contributed by atoms with Crippen molar-refractivity contribution in [3.63, 3.8) is 0 Å². The van der Waals surface area contributed by atoms with Crippen molar-refractivity contribution in [2.24, 2.45) is 0 Å². The molecule has 2 aromatic rings. The summed E-state index contributed by atoms with van der Waals surface area (Å²) in [7, 11) is 0. The van der Waals surface area contributed by atoms with E-state index in [1.807, 2.05) is 12.1 Å². The Kier molecular flexibility index (Phi) is 13.4. The van der Waals surface area contributed by atoms with Crippen LogP contribution in [0.2, 0.25) is 0 Å². The first-order valence-electron chi connectivity index (χ1n) is 12.9. The maximum absolute atomic E-state index is 12.2. The summed E-state index contributed by atoms with van der Waals surface area (Å²) in [6, 6.07) is 6.23. The molecule has 1 heterocycles. The molecule has 35 heavy (non-hydrogen) atoms. The lowest BCUT2D eigenvalue weighted by molar-refractivity contribution is -0.122. The lowest BCUT2D eigenvalue weighted by Gasteiger charge is -2.16. The number of aldehydes is 1. The van der Waals surface area contributed by atoms with E-state index in [2.05, 4.69) is 34.9 Å². The summed E-state index contributed by atoms with van der Waals surface area (Å²) in [5.41, 5.74) is 2.87. The second-order valence-electron chi connectivity index (χ2n) is 9.23. The van der Waals surface area contributed by atoms with Crippen LogP contribution >= 0.6 is 11.8 Å². The van der Waals surface area contributed by atoms with Gasteiger partial charge in [0.2, 0.25) is 11.8 Å². The van der Waals surface area contributed by atoms with Crippen LogP contribution in [0, 0.1) is 0 Å². The smallest absolute Gasteiger partial charge is 0.221 e. The van der Waals surface area contributed by atoms with Crippen molar-refractivity contribution in [2.45, 2.75) is 102 Å². The number of rotatable bonds is 17. The average molecular weight is 500 g/mol. The van der Waals surface area contributed by atoms with Crippen LogP contribution in [-0.4, -0.2) is 35.4 Å². The molecule has 2 amide bonds. The molecule has 0 spiro atoms. The molecule has 0 aliphatic heterocycles. The maximum atomic E-state index is 12.2. The Bertz CT molecular complexity index is 964. The zero-order valence-corrected chi connectivity index (χ0v) is 22.3. The number of fused-ring (bicyclic) bond motifs is 1. The minimum Gasteiger partial charge on any atom is -0.354 e. The first-order chi connectivity index (χ1) is 17.0. The molecule has 192 valence electrons. The Labute approximate surface area is 214 Å². The van der Waals surface area contributed by atoms with E-state index in [0.717, 1.165) is 87.1 Å². The molecule has 0 aliphatic carbocycles. The normalized spacial score (nSPS) is 11.9.